The van der Waals surface area contributed by atoms with E-state index in [1.807, 2.05) is 11.0 Å². The fourth-order valence-electron chi connectivity index (χ4n) is 1.86. The number of rotatable bonds is 2. The second-order valence-electron chi connectivity index (χ2n) is 4.32. The minimum Gasteiger partial charge on any atom is -0.391 e. The Labute approximate surface area is 94.7 Å². The normalized spacial score (nSPS) is 25.8. The van der Waals surface area contributed by atoms with E-state index in [1.165, 1.54) is 0 Å². The summed E-state index contributed by atoms with van der Waals surface area (Å²) in [4.78, 5) is 2.03. The van der Waals surface area contributed by atoms with Crippen LogP contribution >= 0.6 is 0 Å². The number of aromatic nitrogens is 2. The molecule has 1 aromatic heterocycles. The lowest BCUT2D eigenvalue weighted by Gasteiger charge is -2.34. The van der Waals surface area contributed by atoms with Gasteiger partial charge in [0.15, 0.2) is 5.82 Å². The lowest BCUT2D eigenvalue weighted by atomic mass is 9.96. The maximum atomic E-state index is 9.78. The van der Waals surface area contributed by atoms with Crippen molar-refractivity contribution in [1.29, 1.82) is 0 Å². The van der Waals surface area contributed by atoms with E-state index in [0.29, 0.717) is 18.2 Å². The highest BCUT2D eigenvalue weighted by Gasteiger charge is 2.25. The van der Waals surface area contributed by atoms with Gasteiger partial charge in [-0.1, -0.05) is 6.92 Å². The molecule has 2 unspecified atom stereocenters. The molecule has 0 aromatic carbocycles. The molecular weight excluding hydrogens is 206 g/mol. The van der Waals surface area contributed by atoms with Crippen LogP contribution in [0.5, 0.6) is 0 Å². The van der Waals surface area contributed by atoms with Gasteiger partial charge in [-0.15, -0.1) is 5.10 Å². The molecule has 0 radical (unpaired) electrons. The Morgan fingerprint density at radius 3 is 2.81 bits per heavy atom. The third kappa shape index (κ3) is 2.31. The molecule has 1 saturated heterocycles. The molecule has 0 bridgehead atoms. The highest BCUT2D eigenvalue weighted by Crippen LogP contribution is 2.21. The predicted molar refractivity (Wildman–Crippen MR) is 60.0 cm³/mol. The molecule has 1 aliphatic heterocycles. The summed E-state index contributed by atoms with van der Waals surface area (Å²) in [7, 11) is 0. The van der Waals surface area contributed by atoms with Crippen molar-refractivity contribution in [2.45, 2.75) is 26.1 Å². The summed E-state index contributed by atoms with van der Waals surface area (Å²) in [5.41, 5.74) is 0.565. The third-order valence-corrected chi connectivity index (χ3v) is 3.11. The molecule has 0 spiro atoms. The Bertz CT molecular complexity index is 342. The quantitative estimate of drug-likeness (QED) is 0.748. The van der Waals surface area contributed by atoms with Crippen LogP contribution in [-0.2, 0) is 6.61 Å². The van der Waals surface area contributed by atoms with Crippen molar-refractivity contribution in [3.05, 3.63) is 17.8 Å². The van der Waals surface area contributed by atoms with Gasteiger partial charge in [-0.2, -0.15) is 5.10 Å². The van der Waals surface area contributed by atoms with E-state index in [4.69, 9.17) is 5.11 Å². The maximum Gasteiger partial charge on any atom is 0.151 e. The van der Waals surface area contributed by atoms with E-state index in [2.05, 4.69) is 17.1 Å². The number of piperidine rings is 1. The van der Waals surface area contributed by atoms with Crippen LogP contribution in [0, 0.1) is 5.92 Å². The molecule has 0 saturated carbocycles. The lowest BCUT2D eigenvalue weighted by Crippen LogP contribution is -2.43. The topological polar surface area (TPSA) is 69.5 Å². The largest absolute Gasteiger partial charge is 0.391 e. The smallest absolute Gasteiger partial charge is 0.151 e. The Morgan fingerprint density at radius 2 is 2.25 bits per heavy atom. The lowest BCUT2D eigenvalue weighted by molar-refractivity contribution is 0.102. The molecule has 88 valence electrons. The molecule has 0 aliphatic carbocycles. The van der Waals surface area contributed by atoms with E-state index in [9.17, 15) is 5.11 Å². The Hall–Kier alpha value is -1.20. The number of hydrogen-bond acceptors (Lipinski definition) is 5. The van der Waals surface area contributed by atoms with Gasteiger partial charge in [0.1, 0.15) is 0 Å². The Kier molecular flexibility index (Phi) is 3.36. The summed E-state index contributed by atoms with van der Waals surface area (Å²) in [6, 6.07) is 3.59. The first-order chi connectivity index (χ1) is 7.70. The summed E-state index contributed by atoms with van der Waals surface area (Å²) in [5, 5.41) is 26.6. The van der Waals surface area contributed by atoms with E-state index in [1.54, 1.807) is 6.07 Å². The number of anilines is 1. The zero-order valence-electron chi connectivity index (χ0n) is 9.37. The van der Waals surface area contributed by atoms with E-state index in [-0.39, 0.29) is 12.7 Å². The maximum absolute atomic E-state index is 9.78. The van der Waals surface area contributed by atoms with Crippen LogP contribution in [0.15, 0.2) is 12.1 Å². The van der Waals surface area contributed by atoms with Crippen molar-refractivity contribution in [3.63, 3.8) is 0 Å². The van der Waals surface area contributed by atoms with Crippen LogP contribution in [0.4, 0.5) is 5.82 Å². The van der Waals surface area contributed by atoms with Crippen molar-refractivity contribution in [2.75, 3.05) is 18.0 Å². The Balaban J connectivity index is 2.06. The fourth-order valence-corrected chi connectivity index (χ4v) is 1.86. The molecule has 2 N–H and O–H groups in total. The molecule has 1 fully saturated rings. The minimum atomic E-state index is -0.298. The number of hydrogen-bond donors (Lipinski definition) is 2. The second kappa shape index (κ2) is 4.76. The predicted octanol–water partition coefficient (Wildman–Crippen LogP) is 0.176. The number of nitrogens with zero attached hydrogens (tertiary/aromatic N) is 3. The Morgan fingerprint density at radius 1 is 1.44 bits per heavy atom. The average molecular weight is 223 g/mol. The van der Waals surface area contributed by atoms with E-state index >= 15 is 0 Å². The molecule has 5 heteroatoms. The molecule has 0 amide bonds. The van der Waals surface area contributed by atoms with Gasteiger partial charge in [-0.3, -0.25) is 0 Å². The zero-order valence-corrected chi connectivity index (χ0v) is 9.37. The van der Waals surface area contributed by atoms with Gasteiger partial charge < -0.3 is 15.1 Å². The van der Waals surface area contributed by atoms with Crippen LogP contribution in [0.25, 0.3) is 0 Å². The SMILES string of the molecule is CC1CCN(c2ccc(CO)nn2)CC1O. The molecule has 1 aliphatic rings. The molecular formula is C11H17N3O2. The van der Waals surface area contributed by atoms with Crippen LogP contribution in [0.1, 0.15) is 19.0 Å². The van der Waals surface area contributed by atoms with Crippen molar-refractivity contribution < 1.29 is 10.2 Å². The van der Waals surface area contributed by atoms with Crippen LogP contribution < -0.4 is 4.90 Å². The first kappa shape index (κ1) is 11.3. The first-order valence-corrected chi connectivity index (χ1v) is 5.57. The molecule has 1 aromatic rings. The third-order valence-electron chi connectivity index (χ3n) is 3.11. The summed E-state index contributed by atoms with van der Waals surface area (Å²) >= 11 is 0. The minimum absolute atomic E-state index is 0.0903. The van der Waals surface area contributed by atoms with Gasteiger partial charge in [0.2, 0.25) is 0 Å². The van der Waals surface area contributed by atoms with E-state index in [0.717, 1.165) is 18.8 Å². The summed E-state index contributed by atoms with van der Waals surface area (Å²) in [6.45, 7) is 3.47. The highest BCUT2D eigenvalue weighted by atomic mass is 16.3. The summed E-state index contributed by atoms with van der Waals surface area (Å²) in [5.74, 6) is 1.11. The van der Waals surface area contributed by atoms with Gasteiger partial charge in [-0.25, -0.2) is 0 Å². The van der Waals surface area contributed by atoms with Gasteiger partial charge in [-0.05, 0) is 24.5 Å². The van der Waals surface area contributed by atoms with Gasteiger partial charge in [0, 0.05) is 13.1 Å². The number of aliphatic hydroxyl groups is 2. The zero-order chi connectivity index (χ0) is 11.5. The van der Waals surface area contributed by atoms with Crippen LogP contribution in [0.3, 0.4) is 0 Å². The summed E-state index contributed by atoms with van der Waals surface area (Å²) in [6.07, 6.45) is 0.665. The second-order valence-corrected chi connectivity index (χ2v) is 4.32. The molecule has 2 heterocycles. The monoisotopic (exact) mass is 223 g/mol. The standard InChI is InChI=1S/C11H17N3O2/c1-8-4-5-14(6-10(8)16)11-3-2-9(7-15)12-13-11/h2-3,8,10,15-16H,4-7H2,1H3. The van der Waals surface area contributed by atoms with Crippen LogP contribution in [-0.4, -0.2) is 39.6 Å². The molecule has 2 rings (SSSR count). The van der Waals surface area contributed by atoms with Crippen LogP contribution in [0.2, 0.25) is 0 Å². The average Bonchev–Trinajstić information content (AvgIpc) is 2.33. The molecule has 5 nitrogen and oxygen atoms in total. The van der Waals surface area contributed by atoms with Crippen molar-refractivity contribution in [1.82, 2.24) is 10.2 Å². The fraction of sp³-hybridized carbons (Fsp3) is 0.636. The number of β-amino-alcohol motifs (C(OH)–C–C–N with tert-alkyl or cyclic N) is 1. The van der Waals surface area contributed by atoms with Gasteiger partial charge in [0.05, 0.1) is 18.4 Å². The van der Waals surface area contributed by atoms with Gasteiger partial charge in [0.25, 0.3) is 0 Å². The summed E-state index contributed by atoms with van der Waals surface area (Å²) < 4.78 is 0. The molecule has 16 heavy (non-hydrogen) atoms. The van der Waals surface area contributed by atoms with Crippen molar-refractivity contribution >= 4 is 5.82 Å². The molecule has 2 atom stereocenters. The van der Waals surface area contributed by atoms with Gasteiger partial charge >= 0.3 is 0 Å². The van der Waals surface area contributed by atoms with E-state index < -0.39 is 0 Å². The highest BCUT2D eigenvalue weighted by molar-refractivity contribution is 5.38. The number of aliphatic hydroxyl groups excluding tert-OH is 2. The van der Waals surface area contributed by atoms with Crippen molar-refractivity contribution in [3.8, 4) is 0 Å². The van der Waals surface area contributed by atoms with Crippen molar-refractivity contribution in [2.24, 2.45) is 5.92 Å². The first-order valence-electron chi connectivity index (χ1n) is 5.57.